The van der Waals surface area contributed by atoms with Gasteiger partial charge in [0, 0.05) is 6.04 Å². The SMILES string of the molecule is CC1CCN(CCCNC2CCCC2)CC1.Cl.Cl. The molecule has 0 unspecified atom stereocenters. The van der Waals surface area contributed by atoms with Crippen molar-refractivity contribution in [3.63, 3.8) is 0 Å². The second-order valence-electron chi connectivity index (χ2n) is 5.81. The van der Waals surface area contributed by atoms with Gasteiger partial charge in [0.05, 0.1) is 0 Å². The van der Waals surface area contributed by atoms with Gasteiger partial charge in [0.2, 0.25) is 0 Å². The molecule has 1 aliphatic carbocycles. The van der Waals surface area contributed by atoms with Crippen molar-refractivity contribution in [3.05, 3.63) is 0 Å². The normalized spacial score (nSPS) is 22.5. The summed E-state index contributed by atoms with van der Waals surface area (Å²) in [5.41, 5.74) is 0. The van der Waals surface area contributed by atoms with Crippen molar-refractivity contribution in [2.45, 2.75) is 57.9 Å². The van der Waals surface area contributed by atoms with Gasteiger partial charge in [0.25, 0.3) is 0 Å². The van der Waals surface area contributed by atoms with Gasteiger partial charge in [-0.15, -0.1) is 24.8 Å². The summed E-state index contributed by atoms with van der Waals surface area (Å²) in [6, 6.07) is 0.848. The van der Waals surface area contributed by atoms with Gasteiger partial charge in [0.15, 0.2) is 0 Å². The highest BCUT2D eigenvalue weighted by Gasteiger charge is 2.16. The van der Waals surface area contributed by atoms with E-state index in [2.05, 4.69) is 17.1 Å². The molecule has 1 saturated heterocycles. The molecule has 2 rings (SSSR count). The molecule has 0 bridgehead atoms. The Balaban J connectivity index is 0.00000144. The third-order valence-corrected chi connectivity index (χ3v) is 4.32. The number of nitrogens with zero attached hydrogens (tertiary/aromatic N) is 1. The van der Waals surface area contributed by atoms with Crippen LogP contribution in [0, 0.1) is 5.92 Å². The Morgan fingerprint density at radius 1 is 1.00 bits per heavy atom. The van der Waals surface area contributed by atoms with Crippen LogP contribution in [0.4, 0.5) is 0 Å². The van der Waals surface area contributed by atoms with Crippen LogP contribution in [0.1, 0.15) is 51.9 Å². The van der Waals surface area contributed by atoms with Gasteiger partial charge in [0.1, 0.15) is 0 Å². The highest BCUT2D eigenvalue weighted by Crippen LogP contribution is 2.18. The summed E-state index contributed by atoms with van der Waals surface area (Å²) in [6.45, 7) is 7.61. The molecule has 0 radical (unpaired) electrons. The average Bonchev–Trinajstić information content (AvgIpc) is 2.80. The number of rotatable bonds is 5. The molecule has 1 heterocycles. The lowest BCUT2D eigenvalue weighted by atomic mass is 9.99. The van der Waals surface area contributed by atoms with Crippen molar-refractivity contribution >= 4 is 24.8 Å². The molecule has 0 amide bonds. The van der Waals surface area contributed by atoms with Crippen LogP contribution in [-0.4, -0.2) is 37.1 Å². The third-order valence-electron chi connectivity index (χ3n) is 4.32. The topological polar surface area (TPSA) is 15.3 Å². The lowest BCUT2D eigenvalue weighted by molar-refractivity contribution is 0.190. The van der Waals surface area contributed by atoms with Crippen molar-refractivity contribution in [2.75, 3.05) is 26.2 Å². The molecule has 0 aromatic rings. The van der Waals surface area contributed by atoms with Gasteiger partial charge >= 0.3 is 0 Å². The first-order chi connectivity index (χ1) is 7.84. The van der Waals surface area contributed by atoms with Crippen LogP contribution in [0.2, 0.25) is 0 Å². The second kappa shape index (κ2) is 10.3. The number of likely N-dealkylation sites (tertiary alicyclic amines) is 1. The van der Waals surface area contributed by atoms with E-state index in [-0.39, 0.29) is 24.8 Å². The molecule has 4 heteroatoms. The fraction of sp³-hybridized carbons (Fsp3) is 1.00. The summed E-state index contributed by atoms with van der Waals surface area (Å²) >= 11 is 0. The molecular weight excluding hydrogens is 267 g/mol. The molecule has 0 aromatic heterocycles. The standard InChI is InChI=1S/C14H28N2.2ClH/c1-13-7-11-16(12-8-13)10-4-9-15-14-5-2-3-6-14;;/h13-15H,2-12H2,1H3;2*1H. The molecule has 1 aliphatic heterocycles. The van der Waals surface area contributed by atoms with E-state index < -0.39 is 0 Å². The molecule has 18 heavy (non-hydrogen) atoms. The van der Waals surface area contributed by atoms with Crippen LogP contribution < -0.4 is 5.32 Å². The van der Waals surface area contributed by atoms with Crippen molar-refractivity contribution in [1.29, 1.82) is 0 Å². The van der Waals surface area contributed by atoms with E-state index >= 15 is 0 Å². The Morgan fingerprint density at radius 2 is 1.61 bits per heavy atom. The Labute approximate surface area is 125 Å². The predicted octanol–water partition coefficient (Wildman–Crippen LogP) is 3.48. The molecule has 0 atom stereocenters. The number of hydrogen-bond acceptors (Lipinski definition) is 2. The van der Waals surface area contributed by atoms with E-state index in [1.165, 1.54) is 71.1 Å². The summed E-state index contributed by atoms with van der Waals surface area (Å²) in [5, 5.41) is 3.70. The first-order valence-corrected chi connectivity index (χ1v) is 7.30. The number of nitrogens with one attached hydrogen (secondary N) is 1. The van der Waals surface area contributed by atoms with E-state index in [0.29, 0.717) is 0 Å². The first kappa shape index (κ1) is 18.5. The van der Waals surface area contributed by atoms with Crippen LogP contribution in [0.15, 0.2) is 0 Å². The van der Waals surface area contributed by atoms with Gasteiger partial charge in [-0.2, -0.15) is 0 Å². The van der Waals surface area contributed by atoms with Gasteiger partial charge in [-0.1, -0.05) is 19.8 Å². The number of halogens is 2. The zero-order valence-corrected chi connectivity index (χ0v) is 13.3. The number of hydrogen-bond donors (Lipinski definition) is 1. The van der Waals surface area contributed by atoms with Gasteiger partial charge in [-0.25, -0.2) is 0 Å². The first-order valence-electron chi connectivity index (χ1n) is 7.30. The monoisotopic (exact) mass is 296 g/mol. The molecule has 2 aliphatic rings. The van der Waals surface area contributed by atoms with E-state index in [9.17, 15) is 0 Å². The van der Waals surface area contributed by atoms with Crippen molar-refractivity contribution in [2.24, 2.45) is 5.92 Å². The molecule has 1 saturated carbocycles. The average molecular weight is 297 g/mol. The lowest BCUT2D eigenvalue weighted by Gasteiger charge is -2.30. The molecule has 0 aromatic carbocycles. The quantitative estimate of drug-likeness (QED) is 0.782. The molecule has 2 nitrogen and oxygen atoms in total. The minimum absolute atomic E-state index is 0. The van der Waals surface area contributed by atoms with Crippen molar-refractivity contribution in [3.8, 4) is 0 Å². The minimum Gasteiger partial charge on any atom is -0.314 e. The molecule has 1 N–H and O–H groups in total. The zero-order valence-electron chi connectivity index (χ0n) is 11.7. The summed E-state index contributed by atoms with van der Waals surface area (Å²) in [6.07, 6.45) is 9.89. The van der Waals surface area contributed by atoms with Crippen LogP contribution in [0.3, 0.4) is 0 Å². The summed E-state index contributed by atoms with van der Waals surface area (Å²) < 4.78 is 0. The maximum atomic E-state index is 3.70. The largest absolute Gasteiger partial charge is 0.314 e. The fourth-order valence-corrected chi connectivity index (χ4v) is 3.02. The van der Waals surface area contributed by atoms with Gasteiger partial charge in [-0.05, 0) is 64.2 Å². The maximum absolute atomic E-state index is 3.70. The minimum atomic E-state index is 0. The van der Waals surface area contributed by atoms with E-state index in [1.54, 1.807) is 0 Å². The Bertz CT molecular complexity index is 188. The summed E-state index contributed by atoms with van der Waals surface area (Å²) in [5.74, 6) is 0.966. The van der Waals surface area contributed by atoms with Gasteiger partial charge < -0.3 is 10.2 Å². The maximum Gasteiger partial charge on any atom is 0.00670 e. The summed E-state index contributed by atoms with van der Waals surface area (Å²) in [7, 11) is 0. The van der Waals surface area contributed by atoms with Crippen molar-refractivity contribution in [1.82, 2.24) is 10.2 Å². The highest BCUT2D eigenvalue weighted by molar-refractivity contribution is 5.85. The summed E-state index contributed by atoms with van der Waals surface area (Å²) in [4.78, 5) is 2.65. The highest BCUT2D eigenvalue weighted by atomic mass is 35.5. The van der Waals surface area contributed by atoms with E-state index in [0.717, 1.165) is 12.0 Å². The Morgan fingerprint density at radius 3 is 2.22 bits per heavy atom. The molecular formula is C14H30Cl2N2. The molecule has 110 valence electrons. The van der Waals surface area contributed by atoms with Crippen LogP contribution in [0.25, 0.3) is 0 Å². The van der Waals surface area contributed by atoms with E-state index in [4.69, 9.17) is 0 Å². The Hall–Kier alpha value is 0.500. The smallest absolute Gasteiger partial charge is 0.00670 e. The second-order valence-corrected chi connectivity index (χ2v) is 5.81. The van der Waals surface area contributed by atoms with Crippen molar-refractivity contribution < 1.29 is 0 Å². The van der Waals surface area contributed by atoms with Gasteiger partial charge in [-0.3, -0.25) is 0 Å². The number of piperidine rings is 1. The zero-order chi connectivity index (χ0) is 11.2. The lowest BCUT2D eigenvalue weighted by Crippen LogP contribution is -2.35. The van der Waals surface area contributed by atoms with Crippen LogP contribution >= 0.6 is 24.8 Å². The Kier molecular flexibility index (Phi) is 10.6. The molecule has 2 fully saturated rings. The van der Waals surface area contributed by atoms with Crippen LogP contribution in [-0.2, 0) is 0 Å². The third kappa shape index (κ3) is 6.60. The molecule has 0 spiro atoms. The van der Waals surface area contributed by atoms with E-state index in [1.807, 2.05) is 0 Å². The predicted molar refractivity (Wildman–Crippen MR) is 84.2 cm³/mol. The van der Waals surface area contributed by atoms with Crippen LogP contribution in [0.5, 0.6) is 0 Å². The fourth-order valence-electron chi connectivity index (χ4n) is 3.02.